The summed E-state index contributed by atoms with van der Waals surface area (Å²) in [5.74, 6) is 0.321. The number of aromatic nitrogens is 1. The van der Waals surface area contributed by atoms with Gasteiger partial charge in [0.15, 0.2) is 0 Å². The third-order valence-electron chi connectivity index (χ3n) is 6.83. The number of hydrogen-bond acceptors (Lipinski definition) is 3. The summed E-state index contributed by atoms with van der Waals surface area (Å²) < 4.78 is 6.06. The Balaban J connectivity index is 1.30. The second kappa shape index (κ2) is 11.6. The fourth-order valence-corrected chi connectivity index (χ4v) is 5.03. The molecule has 0 spiro atoms. The highest BCUT2D eigenvalue weighted by molar-refractivity contribution is 6.31. The number of aliphatic carboxylic acids is 1. The molecule has 1 aromatic heterocycles. The van der Waals surface area contributed by atoms with E-state index in [4.69, 9.17) is 21.4 Å². The molecule has 1 aliphatic carbocycles. The molecule has 5 rings (SSSR count). The minimum Gasteiger partial charge on any atom is -0.481 e. The van der Waals surface area contributed by atoms with Gasteiger partial charge in [-0.25, -0.2) is 0 Å². The first-order valence-electron chi connectivity index (χ1n) is 12.9. The molecule has 0 bridgehead atoms. The summed E-state index contributed by atoms with van der Waals surface area (Å²) in [6.45, 7) is 2.28. The second-order valence-corrected chi connectivity index (χ2v) is 10.1. The van der Waals surface area contributed by atoms with Gasteiger partial charge in [0.2, 0.25) is 0 Å². The highest BCUT2D eigenvalue weighted by atomic mass is 35.5. The Morgan fingerprint density at radius 1 is 1.08 bits per heavy atom. The Bertz CT molecular complexity index is 1620. The average Bonchev–Trinajstić information content (AvgIpc) is 3.30. The molecule has 0 saturated heterocycles. The van der Waals surface area contributed by atoms with Crippen LogP contribution in [0.4, 0.5) is 0 Å². The van der Waals surface area contributed by atoms with Crippen molar-refractivity contribution in [1.29, 1.82) is 0 Å². The van der Waals surface area contributed by atoms with E-state index in [0.717, 1.165) is 51.6 Å². The number of hydrogen-bond donors (Lipinski definition) is 3. The number of nitrogens with one attached hydrogen (secondary N) is 2. The Morgan fingerprint density at radius 3 is 2.69 bits per heavy atom. The lowest BCUT2D eigenvalue weighted by Gasteiger charge is -2.13. The van der Waals surface area contributed by atoms with Gasteiger partial charge in [-0.05, 0) is 90.9 Å². The molecular weight excluding hydrogens is 512 g/mol. The number of rotatable bonds is 9. The van der Waals surface area contributed by atoms with Crippen molar-refractivity contribution in [2.24, 2.45) is 0 Å². The van der Waals surface area contributed by atoms with Crippen molar-refractivity contribution in [3.05, 3.63) is 112 Å². The predicted molar refractivity (Wildman–Crippen MR) is 154 cm³/mol. The van der Waals surface area contributed by atoms with Gasteiger partial charge >= 0.3 is 5.97 Å². The summed E-state index contributed by atoms with van der Waals surface area (Å²) in [6, 6.07) is 18.9. The van der Waals surface area contributed by atoms with E-state index >= 15 is 0 Å². The lowest BCUT2D eigenvalue weighted by Crippen LogP contribution is -2.24. The smallest absolute Gasteiger partial charge is 0.303 e. The maximum absolute atomic E-state index is 13.4. The first-order valence-corrected chi connectivity index (χ1v) is 13.3. The number of ether oxygens (including phenoxy) is 1. The topological polar surface area (TPSA) is 91.4 Å². The number of carbonyl (C=O) groups excluding carboxylic acids is 1. The van der Waals surface area contributed by atoms with E-state index in [2.05, 4.69) is 22.5 Å². The quantitative estimate of drug-likeness (QED) is 0.204. The molecule has 1 aliphatic rings. The van der Waals surface area contributed by atoms with Crippen LogP contribution in [0.15, 0.2) is 78.9 Å². The highest BCUT2D eigenvalue weighted by Crippen LogP contribution is 2.34. The largest absolute Gasteiger partial charge is 0.481 e. The molecule has 0 saturated carbocycles. The van der Waals surface area contributed by atoms with Crippen LogP contribution >= 0.6 is 11.6 Å². The lowest BCUT2D eigenvalue weighted by molar-refractivity contribution is -0.136. The SMILES string of the molecule is Cc1cc(Oc2cccc(CNC(=O)c3[nH]c4ccc(Cl)cc4c3C3=CC=CCC3)c2)ccc1CCC(=O)O. The summed E-state index contributed by atoms with van der Waals surface area (Å²) in [4.78, 5) is 27.6. The molecular formula is C32H29ClN2O4. The molecule has 0 aliphatic heterocycles. The van der Waals surface area contributed by atoms with Gasteiger partial charge in [0, 0.05) is 34.5 Å². The summed E-state index contributed by atoms with van der Waals surface area (Å²) >= 11 is 6.29. The zero-order chi connectivity index (χ0) is 27.4. The van der Waals surface area contributed by atoms with Gasteiger partial charge < -0.3 is 20.1 Å². The number of carboxylic acids is 1. The molecule has 6 nitrogen and oxygen atoms in total. The van der Waals surface area contributed by atoms with Crippen LogP contribution in [0.2, 0.25) is 5.02 Å². The molecule has 4 aromatic rings. The van der Waals surface area contributed by atoms with Gasteiger partial charge in [-0.1, -0.05) is 48.0 Å². The molecule has 3 aromatic carbocycles. The van der Waals surface area contributed by atoms with E-state index in [1.165, 1.54) is 0 Å². The van der Waals surface area contributed by atoms with Crippen molar-refractivity contribution < 1.29 is 19.4 Å². The molecule has 0 unspecified atom stereocenters. The monoisotopic (exact) mass is 540 g/mol. The second-order valence-electron chi connectivity index (χ2n) is 9.64. The molecule has 1 amide bonds. The van der Waals surface area contributed by atoms with Gasteiger partial charge in [0.25, 0.3) is 5.91 Å². The van der Waals surface area contributed by atoms with Crippen LogP contribution in [-0.2, 0) is 17.8 Å². The van der Waals surface area contributed by atoms with Crippen LogP contribution in [0.25, 0.3) is 16.5 Å². The number of carbonyl (C=O) groups is 2. The van der Waals surface area contributed by atoms with Crippen LogP contribution in [0.3, 0.4) is 0 Å². The molecule has 3 N–H and O–H groups in total. The molecule has 0 fully saturated rings. The maximum atomic E-state index is 13.4. The molecule has 0 radical (unpaired) electrons. The summed E-state index contributed by atoms with van der Waals surface area (Å²) in [5, 5.41) is 13.6. The van der Waals surface area contributed by atoms with Crippen molar-refractivity contribution in [3.8, 4) is 11.5 Å². The third kappa shape index (κ3) is 6.24. The minimum absolute atomic E-state index is 0.0945. The Kier molecular flexibility index (Phi) is 7.84. The fourth-order valence-electron chi connectivity index (χ4n) is 4.86. The summed E-state index contributed by atoms with van der Waals surface area (Å²) in [6.07, 6.45) is 8.57. The van der Waals surface area contributed by atoms with Crippen LogP contribution < -0.4 is 10.1 Å². The van der Waals surface area contributed by atoms with Crippen molar-refractivity contribution in [1.82, 2.24) is 10.3 Å². The van der Waals surface area contributed by atoms with E-state index in [-0.39, 0.29) is 12.3 Å². The number of H-pyrrole nitrogens is 1. The number of aromatic amines is 1. The molecule has 1 heterocycles. The van der Waals surface area contributed by atoms with Crippen molar-refractivity contribution in [2.75, 3.05) is 0 Å². The first-order chi connectivity index (χ1) is 18.9. The van der Waals surface area contributed by atoms with Crippen molar-refractivity contribution >= 4 is 40.0 Å². The van der Waals surface area contributed by atoms with E-state index in [0.29, 0.717) is 35.2 Å². The number of amides is 1. The van der Waals surface area contributed by atoms with E-state index in [1.807, 2.05) is 73.7 Å². The zero-order valence-corrected chi connectivity index (χ0v) is 22.3. The van der Waals surface area contributed by atoms with Crippen LogP contribution in [0.1, 0.15) is 52.0 Å². The van der Waals surface area contributed by atoms with Gasteiger partial charge in [-0.3, -0.25) is 9.59 Å². The fraction of sp³-hybridized carbons (Fsp3) is 0.188. The molecule has 198 valence electrons. The standard InChI is InChI=1S/C32H29ClN2O4/c1-20-16-26(13-10-22(20)11-15-29(36)37)39-25-9-5-6-21(17-25)19-34-32(38)31-30(23-7-3-2-4-8-23)27-18-24(33)12-14-28(27)35-31/h2-3,5-7,9-10,12-14,16-18,35H,4,8,11,15,19H2,1H3,(H,34,38)(H,36,37). The van der Waals surface area contributed by atoms with Crippen molar-refractivity contribution in [2.45, 2.75) is 39.2 Å². The zero-order valence-electron chi connectivity index (χ0n) is 21.6. The highest BCUT2D eigenvalue weighted by Gasteiger charge is 2.21. The maximum Gasteiger partial charge on any atom is 0.303 e. The number of carboxylic acid groups (broad SMARTS) is 1. The average molecular weight is 541 g/mol. The van der Waals surface area contributed by atoms with Gasteiger partial charge in [0.1, 0.15) is 17.2 Å². The van der Waals surface area contributed by atoms with Gasteiger partial charge in [0.05, 0.1) is 0 Å². The molecule has 0 atom stereocenters. The minimum atomic E-state index is -0.813. The van der Waals surface area contributed by atoms with E-state index < -0.39 is 5.97 Å². The van der Waals surface area contributed by atoms with Gasteiger partial charge in [-0.15, -0.1) is 0 Å². The number of aryl methyl sites for hydroxylation is 2. The van der Waals surface area contributed by atoms with E-state index in [1.54, 1.807) is 0 Å². The summed E-state index contributed by atoms with van der Waals surface area (Å²) in [7, 11) is 0. The van der Waals surface area contributed by atoms with Crippen LogP contribution in [0.5, 0.6) is 11.5 Å². The number of fused-ring (bicyclic) bond motifs is 1. The Morgan fingerprint density at radius 2 is 1.92 bits per heavy atom. The van der Waals surface area contributed by atoms with Crippen LogP contribution in [0, 0.1) is 6.92 Å². The first kappa shape index (κ1) is 26.3. The predicted octanol–water partition coefficient (Wildman–Crippen LogP) is 7.60. The molecule has 7 heteroatoms. The Labute approximate surface area is 232 Å². The molecule has 39 heavy (non-hydrogen) atoms. The number of halogens is 1. The van der Waals surface area contributed by atoms with E-state index in [9.17, 15) is 9.59 Å². The van der Waals surface area contributed by atoms with Crippen molar-refractivity contribution in [3.63, 3.8) is 0 Å². The summed E-state index contributed by atoms with van der Waals surface area (Å²) in [5.41, 5.74) is 6.27. The number of allylic oxidation sites excluding steroid dienone is 4. The number of benzene rings is 3. The van der Waals surface area contributed by atoms with Crippen LogP contribution in [-0.4, -0.2) is 22.0 Å². The Hall–Kier alpha value is -4.29. The van der Waals surface area contributed by atoms with Gasteiger partial charge in [-0.2, -0.15) is 0 Å². The normalized spacial score (nSPS) is 12.8. The third-order valence-corrected chi connectivity index (χ3v) is 7.07. The lowest BCUT2D eigenvalue weighted by atomic mass is 9.94.